The number of hydrogen-bond acceptors (Lipinski definition) is 5. The summed E-state index contributed by atoms with van der Waals surface area (Å²) in [5.41, 5.74) is 6.06. The zero-order chi connectivity index (χ0) is 25.4. The van der Waals surface area contributed by atoms with Crippen LogP contribution in [0.15, 0.2) is 60.7 Å². The summed E-state index contributed by atoms with van der Waals surface area (Å²) < 4.78 is 33.6. The van der Waals surface area contributed by atoms with Crippen molar-refractivity contribution in [1.29, 1.82) is 0 Å². The van der Waals surface area contributed by atoms with E-state index < -0.39 is 23.2 Å². The second-order valence-electron chi connectivity index (χ2n) is 9.22. The summed E-state index contributed by atoms with van der Waals surface area (Å²) in [6.45, 7) is 3.29. The van der Waals surface area contributed by atoms with E-state index in [2.05, 4.69) is 57.7 Å². The van der Waals surface area contributed by atoms with Gasteiger partial charge in [-0.15, -0.1) is 11.3 Å². The highest BCUT2D eigenvalue weighted by atomic mass is 32.1. The minimum atomic E-state index is -0.818. The summed E-state index contributed by atoms with van der Waals surface area (Å²) in [5.74, 6) is -2.25. The number of benzene rings is 3. The number of nitrogens with zero attached hydrogens (tertiary/aromatic N) is 2. The van der Waals surface area contributed by atoms with Gasteiger partial charge in [0.2, 0.25) is 0 Å². The maximum absolute atomic E-state index is 14.1. The topological polar surface area (TPSA) is 54.5 Å². The third-order valence-electron chi connectivity index (χ3n) is 6.88. The summed E-state index contributed by atoms with van der Waals surface area (Å²) in [7, 11) is 0. The van der Waals surface area contributed by atoms with Gasteiger partial charge in [0.15, 0.2) is 5.01 Å². The largest absolute Gasteiger partial charge is 0.378 e. The number of hydrogen-bond donors (Lipinski definition) is 1. The molecule has 37 heavy (non-hydrogen) atoms. The molecule has 2 heterocycles. The van der Waals surface area contributed by atoms with E-state index in [1.54, 1.807) is 0 Å². The lowest BCUT2D eigenvalue weighted by molar-refractivity contribution is 0.102. The number of aromatic nitrogens is 1. The maximum Gasteiger partial charge on any atom is 0.284 e. The van der Waals surface area contributed by atoms with Crippen LogP contribution in [0, 0.1) is 11.6 Å². The molecule has 0 radical (unpaired) electrons. The minimum absolute atomic E-state index is 0.195. The first-order valence-corrected chi connectivity index (χ1v) is 13.2. The molecule has 4 aromatic rings. The van der Waals surface area contributed by atoms with E-state index in [0.717, 1.165) is 85.0 Å². The van der Waals surface area contributed by atoms with E-state index in [4.69, 9.17) is 4.74 Å². The Morgan fingerprint density at radius 2 is 1.68 bits per heavy atom. The first-order chi connectivity index (χ1) is 18.1. The molecule has 0 bridgehead atoms. The van der Waals surface area contributed by atoms with Crippen molar-refractivity contribution >= 4 is 28.6 Å². The number of nitrogens with one attached hydrogen (secondary N) is 1. The van der Waals surface area contributed by atoms with Crippen molar-refractivity contribution in [3.8, 4) is 21.6 Å². The average molecular weight is 518 g/mol. The van der Waals surface area contributed by atoms with Crippen molar-refractivity contribution in [2.45, 2.75) is 19.3 Å². The van der Waals surface area contributed by atoms with E-state index in [-0.39, 0.29) is 5.01 Å². The smallest absolute Gasteiger partial charge is 0.284 e. The first-order valence-electron chi connectivity index (χ1n) is 12.4. The summed E-state index contributed by atoms with van der Waals surface area (Å²) in [4.78, 5) is 20.7. The van der Waals surface area contributed by atoms with Gasteiger partial charge in [0, 0.05) is 18.8 Å². The molecule has 8 heteroatoms. The number of rotatable bonds is 4. The van der Waals surface area contributed by atoms with Gasteiger partial charge in [-0.05, 0) is 71.8 Å². The third-order valence-corrected chi connectivity index (χ3v) is 8.01. The Hall–Kier alpha value is -3.62. The first kappa shape index (κ1) is 23.8. The number of ether oxygens (including phenoxy) is 1. The number of morpholine rings is 1. The number of halogens is 2. The Balaban J connectivity index is 1.30. The lowest BCUT2D eigenvalue weighted by atomic mass is 9.97. The summed E-state index contributed by atoms with van der Waals surface area (Å²) >= 11 is 1.27. The second-order valence-corrected chi connectivity index (χ2v) is 10.2. The minimum Gasteiger partial charge on any atom is -0.378 e. The van der Waals surface area contributed by atoms with Crippen LogP contribution in [0.2, 0.25) is 0 Å². The van der Waals surface area contributed by atoms with E-state index >= 15 is 0 Å². The number of fused-ring (bicyclic) bond motifs is 3. The van der Waals surface area contributed by atoms with Crippen molar-refractivity contribution in [1.82, 2.24) is 4.98 Å². The number of anilines is 2. The molecule has 1 saturated heterocycles. The maximum atomic E-state index is 14.1. The van der Waals surface area contributed by atoms with Gasteiger partial charge < -0.3 is 15.0 Å². The molecule has 1 N–H and O–H groups in total. The van der Waals surface area contributed by atoms with Crippen LogP contribution >= 0.6 is 11.3 Å². The van der Waals surface area contributed by atoms with Crippen LogP contribution < -0.4 is 10.2 Å². The van der Waals surface area contributed by atoms with Crippen LogP contribution in [0.25, 0.3) is 21.6 Å². The molecule has 0 atom stereocenters. The zero-order valence-electron chi connectivity index (χ0n) is 20.1. The predicted molar refractivity (Wildman–Crippen MR) is 142 cm³/mol. The molecular weight excluding hydrogens is 492 g/mol. The molecule has 0 unspecified atom stereocenters. The van der Waals surface area contributed by atoms with Crippen LogP contribution in [0.1, 0.15) is 27.5 Å². The van der Waals surface area contributed by atoms with Gasteiger partial charge in [-0.1, -0.05) is 30.3 Å². The molecule has 3 aromatic carbocycles. The monoisotopic (exact) mass is 517 g/mol. The van der Waals surface area contributed by atoms with Gasteiger partial charge in [-0.25, -0.2) is 13.8 Å². The molecule has 6 rings (SSSR count). The van der Waals surface area contributed by atoms with Gasteiger partial charge in [0.05, 0.1) is 23.8 Å². The van der Waals surface area contributed by atoms with E-state index in [1.807, 2.05) is 0 Å². The van der Waals surface area contributed by atoms with Crippen LogP contribution in [0.3, 0.4) is 0 Å². The quantitative estimate of drug-likeness (QED) is 0.344. The Bertz CT molecular complexity index is 1440. The molecule has 1 aliphatic carbocycles. The fourth-order valence-electron chi connectivity index (χ4n) is 4.93. The molecule has 1 aliphatic heterocycles. The standard InChI is InChI=1S/C29H25F2N3O2S/c30-23-4-2-5-24(31)26(23)33-28(35)29-32-25-6-1-3-19-7-8-20(17-22(19)27(25)37-29)18-9-11-21(12-10-18)34-13-15-36-16-14-34/h2,4-5,7-12,17H,1,3,6,13-16H2,(H,33,35). The van der Waals surface area contributed by atoms with Crippen LogP contribution in [-0.4, -0.2) is 37.2 Å². The molecule has 188 valence electrons. The number of carbonyl (C=O) groups is 1. The number of aryl methyl sites for hydroxylation is 2. The predicted octanol–water partition coefficient (Wildman–Crippen LogP) is 6.33. The molecule has 1 amide bonds. The fraction of sp³-hybridized carbons (Fsp3) is 0.241. The lowest BCUT2D eigenvalue weighted by Crippen LogP contribution is -2.36. The van der Waals surface area contributed by atoms with Crippen molar-refractivity contribution in [2.24, 2.45) is 0 Å². The van der Waals surface area contributed by atoms with Gasteiger partial charge in [-0.3, -0.25) is 4.79 Å². The summed E-state index contributed by atoms with van der Waals surface area (Å²) in [5, 5.41) is 2.56. The van der Waals surface area contributed by atoms with Crippen molar-refractivity contribution in [3.05, 3.63) is 88.6 Å². The number of amides is 1. The third kappa shape index (κ3) is 4.74. The Morgan fingerprint density at radius 1 is 0.946 bits per heavy atom. The van der Waals surface area contributed by atoms with Crippen molar-refractivity contribution in [3.63, 3.8) is 0 Å². The molecule has 0 spiro atoms. The number of carbonyl (C=O) groups excluding carboxylic acids is 1. The summed E-state index contributed by atoms with van der Waals surface area (Å²) in [6.07, 6.45) is 2.59. The van der Waals surface area contributed by atoms with Gasteiger partial charge in [0.25, 0.3) is 5.91 Å². The van der Waals surface area contributed by atoms with E-state index in [9.17, 15) is 13.6 Å². The van der Waals surface area contributed by atoms with Gasteiger partial charge in [0.1, 0.15) is 17.3 Å². The molecule has 0 saturated carbocycles. The lowest BCUT2D eigenvalue weighted by Gasteiger charge is -2.29. The van der Waals surface area contributed by atoms with Crippen molar-refractivity contribution in [2.75, 3.05) is 36.5 Å². The zero-order valence-corrected chi connectivity index (χ0v) is 20.9. The average Bonchev–Trinajstić information content (AvgIpc) is 3.28. The molecular formula is C29H25F2N3O2S. The van der Waals surface area contributed by atoms with E-state index in [1.165, 1.54) is 28.7 Å². The Kier molecular flexibility index (Phi) is 6.44. The molecule has 1 fully saturated rings. The highest BCUT2D eigenvalue weighted by Crippen LogP contribution is 2.39. The number of thiazole rings is 1. The normalized spacial score (nSPS) is 15.0. The van der Waals surface area contributed by atoms with Gasteiger partial charge >= 0.3 is 0 Å². The van der Waals surface area contributed by atoms with Crippen LogP contribution in [0.5, 0.6) is 0 Å². The molecule has 1 aromatic heterocycles. The van der Waals surface area contributed by atoms with Crippen LogP contribution in [-0.2, 0) is 17.6 Å². The van der Waals surface area contributed by atoms with Crippen molar-refractivity contribution < 1.29 is 18.3 Å². The fourth-order valence-corrected chi connectivity index (χ4v) is 5.99. The Morgan fingerprint density at radius 3 is 2.43 bits per heavy atom. The summed E-state index contributed by atoms with van der Waals surface area (Å²) in [6, 6.07) is 18.5. The van der Waals surface area contributed by atoms with Crippen LogP contribution in [0.4, 0.5) is 20.2 Å². The van der Waals surface area contributed by atoms with E-state index in [0.29, 0.717) is 0 Å². The number of para-hydroxylation sites is 1. The highest BCUT2D eigenvalue weighted by molar-refractivity contribution is 7.17. The second kappa shape index (κ2) is 10.0. The highest BCUT2D eigenvalue weighted by Gasteiger charge is 2.24. The Labute approximate surface area is 217 Å². The molecule has 2 aliphatic rings. The van der Waals surface area contributed by atoms with Gasteiger partial charge in [-0.2, -0.15) is 0 Å². The SMILES string of the molecule is O=C(Nc1c(F)cccc1F)c1nc2c(s1)-c1cc(-c3ccc(N4CCOCC4)cc3)ccc1CCC2. The molecule has 5 nitrogen and oxygen atoms in total.